The van der Waals surface area contributed by atoms with Gasteiger partial charge in [0.25, 0.3) is 0 Å². The van der Waals surface area contributed by atoms with Gasteiger partial charge in [-0.15, -0.1) is 6.58 Å². The van der Waals surface area contributed by atoms with E-state index in [0.717, 1.165) is 25.8 Å². The van der Waals surface area contributed by atoms with Crippen LogP contribution in [0.4, 0.5) is 0 Å². The first-order valence-electron chi connectivity index (χ1n) is 8.75. The third-order valence-corrected chi connectivity index (χ3v) is 4.48. The van der Waals surface area contributed by atoms with Crippen LogP contribution < -0.4 is 5.43 Å². The molecule has 1 aromatic carbocycles. The van der Waals surface area contributed by atoms with Crippen LogP contribution in [0.15, 0.2) is 48.1 Å². The lowest BCUT2D eigenvalue weighted by Crippen LogP contribution is -2.43. The number of hydrazone groups is 1. The predicted octanol–water partition coefficient (Wildman–Crippen LogP) is 4.15. The zero-order valence-electron chi connectivity index (χ0n) is 15.5. The number of hydrogen-bond donors (Lipinski definition) is 1. The molecule has 1 heterocycles. The van der Waals surface area contributed by atoms with Crippen LogP contribution >= 0.6 is 0 Å². The van der Waals surface area contributed by atoms with Crippen LogP contribution in [-0.2, 0) is 11.4 Å². The second kappa shape index (κ2) is 7.95. The van der Waals surface area contributed by atoms with E-state index in [4.69, 9.17) is 4.84 Å². The Bertz CT molecular complexity index is 557. The van der Waals surface area contributed by atoms with Crippen LogP contribution in [0.3, 0.4) is 0 Å². The zero-order valence-corrected chi connectivity index (χ0v) is 15.5. The molecule has 2 rings (SSSR count). The Morgan fingerprint density at radius 3 is 2.67 bits per heavy atom. The fraction of sp³-hybridized carbons (Fsp3) is 0.550. The van der Waals surface area contributed by atoms with E-state index in [-0.39, 0.29) is 5.54 Å². The molecule has 1 N–H and O–H groups in total. The molecular formula is C20H31N3O. The van der Waals surface area contributed by atoms with Crippen molar-refractivity contribution in [3.63, 3.8) is 0 Å². The van der Waals surface area contributed by atoms with Crippen molar-refractivity contribution >= 4 is 6.21 Å². The average molecular weight is 329 g/mol. The summed E-state index contributed by atoms with van der Waals surface area (Å²) in [5.41, 5.74) is 3.63. The maximum Gasteiger partial charge on any atom is 0.126 e. The van der Waals surface area contributed by atoms with E-state index >= 15 is 0 Å². The van der Waals surface area contributed by atoms with Crippen LogP contribution in [0.2, 0.25) is 0 Å². The highest BCUT2D eigenvalue weighted by Crippen LogP contribution is 2.45. The standard InChI is InChI=1S/C20H31N3O/c1-6-12-20(13-17(2)3)15-19(4,16-22-21-5)24-23(20)14-18-10-8-7-9-11-18/h6-11,16-17,21H,1,12-15H2,2-5H3/b22-16+/t19-,20-/m1/s1. The number of hydrogen-bond acceptors (Lipinski definition) is 4. The second-order valence-corrected chi connectivity index (χ2v) is 7.40. The molecular weight excluding hydrogens is 298 g/mol. The van der Waals surface area contributed by atoms with Crippen LogP contribution in [0.5, 0.6) is 0 Å². The molecule has 0 bridgehead atoms. The maximum absolute atomic E-state index is 6.42. The van der Waals surface area contributed by atoms with Gasteiger partial charge >= 0.3 is 0 Å². The highest BCUT2D eigenvalue weighted by molar-refractivity contribution is 5.68. The first kappa shape index (κ1) is 18.7. The molecule has 24 heavy (non-hydrogen) atoms. The van der Waals surface area contributed by atoms with E-state index in [9.17, 15) is 0 Å². The zero-order chi connectivity index (χ0) is 17.6. The lowest BCUT2D eigenvalue weighted by Gasteiger charge is -2.37. The summed E-state index contributed by atoms with van der Waals surface area (Å²) in [5, 5.41) is 6.39. The summed E-state index contributed by atoms with van der Waals surface area (Å²) in [6, 6.07) is 10.5. The Kier molecular flexibility index (Phi) is 6.19. The summed E-state index contributed by atoms with van der Waals surface area (Å²) >= 11 is 0. The lowest BCUT2D eigenvalue weighted by atomic mass is 9.78. The number of nitrogens with zero attached hydrogens (tertiary/aromatic N) is 2. The second-order valence-electron chi connectivity index (χ2n) is 7.40. The Labute approximate surface area is 146 Å². The molecule has 4 heteroatoms. The Balaban J connectivity index is 2.33. The van der Waals surface area contributed by atoms with Crippen LogP contribution in [-0.4, -0.2) is 29.5 Å². The smallest absolute Gasteiger partial charge is 0.126 e. The fourth-order valence-corrected chi connectivity index (χ4v) is 3.80. The molecule has 1 aliphatic rings. The van der Waals surface area contributed by atoms with E-state index in [2.05, 4.69) is 67.2 Å². The fourth-order valence-electron chi connectivity index (χ4n) is 3.80. The van der Waals surface area contributed by atoms with Gasteiger partial charge in [-0.25, -0.2) is 0 Å². The minimum absolute atomic E-state index is 0.0553. The molecule has 132 valence electrons. The van der Waals surface area contributed by atoms with Crippen molar-refractivity contribution in [3.05, 3.63) is 48.6 Å². The average Bonchev–Trinajstić information content (AvgIpc) is 2.78. The highest BCUT2D eigenvalue weighted by atomic mass is 16.7. The maximum atomic E-state index is 6.42. The lowest BCUT2D eigenvalue weighted by molar-refractivity contribution is -0.208. The van der Waals surface area contributed by atoms with Gasteiger partial charge in [-0.1, -0.05) is 50.3 Å². The van der Waals surface area contributed by atoms with Crippen molar-refractivity contribution in [1.29, 1.82) is 0 Å². The largest absolute Gasteiger partial charge is 0.313 e. The van der Waals surface area contributed by atoms with Crippen molar-refractivity contribution in [2.24, 2.45) is 11.0 Å². The van der Waals surface area contributed by atoms with E-state index in [0.29, 0.717) is 5.92 Å². The summed E-state index contributed by atoms with van der Waals surface area (Å²) in [4.78, 5) is 6.42. The first-order chi connectivity index (χ1) is 11.4. The van der Waals surface area contributed by atoms with Gasteiger partial charge < -0.3 is 5.43 Å². The summed E-state index contributed by atoms with van der Waals surface area (Å²) in [6.45, 7) is 11.4. The molecule has 1 saturated heterocycles. The molecule has 1 aromatic rings. The molecule has 0 aliphatic carbocycles. The molecule has 4 nitrogen and oxygen atoms in total. The van der Waals surface area contributed by atoms with Crippen molar-refractivity contribution in [2.45, 2.75) is 57.7 Å². The molecule has 0 amide bonds. The van der Waals surface area contributed by atoms with Crippen molar-refractivity contribution in [2.75, 3.05) is 7.05 Å². The van der Waals surface area contributed by atoms with E-state index in [1.165, 1.54) is 5.56 Å². The molecule has 2 atom stereocenters. The third kappa shape index (κ3) is 4.46. The predicted molar refractivity (Wildman–Crippen MR) is 101 cm³/mol. The highest BCUT2D eigenvalue weighted by Gasteiger charge is 2.51. The number of benzene rings is 1. The summed E-state index contributed by atoms with van der Waals surface area (Å²) in [7, 11) is 1.81. The topological polar surface area (TPSA) is 36.9 Å². The SMILES string of the molecule is C=CC[C@@]1(CC(C)C)C[C@](C)(/C=N/NC)ON1Cc1ccccc1. The molecule has 0 aromatic heterocycles. The van der Waals surface area contributed by atoms with Gasteiger partial charge in [0, 0.05) is 20.0 Å². The Morgan fingerprint density at radius 2 is 2.08 bits per heavy atom. The number of rotatable bonds is 8. The van der Waals surface area contributed by atoms with E-state index in [1.54, 1.807) is 0 Å². The van der Waals surface area contributed by atoms with Gasteiger partial charge in [0.05, 0.1) is 11.8 Å². The van der Waals surface area contributed by atoms with Gasteiger partial charge in [0.1, 0.15) is 5.60 Å². The van der Waals surface area contributed by atoms with Crippen molar-refractivity contribution in [3.8, 4) is 0 Å². The van der Waals surface area contributed by atoms with Crippen LogP contribution in [0.25, 0.3) is 0 Å². The van der Waals surface area contributed by atoms with Crippen molar-refractivity contribution in [1.82, 2.24) is 10.5 Å². The van der Waals surface area contributed by atoms with Crippen LogP contribution in [0, 0.1) is 5.92 Å². The summed E-state index contributed by atoms with van der Waals surface area (Å²) in [5.74, 6) is 0.579. The number of nitrogens with one attached hydrogen (secondary N) is 1. The third-order valence-electron chi connectivity index (χ3n) is 4.48. The molecule has 1 aliphatic heterocycles. The van der Waals surface area contributed by atoms with Gasteiger partial charge in [-0.3, -0.25) is 4.84 Å². The molecule has 0 spiro atoms. The van der Waals surface area contributed by atoms with Gasteiger partial charge in [-0.05, 0) is 31.2 Å². The number of hydroxylamine groups is 2. The monoisotopic (exact) mass is 329 g/mol. The van der Waals surface area contributed by atoms with Gasteiger partial charge in [0.2, 0.25) is 0 Å². The van der Waals surface area contributed by atoms with E-state index < -0.39 is 5.60 Å². The summed E-state index contributed by atoms with van der Waals surface area (Å²) in [6.07, 6.45) is 6.78. The summed E-state index contributed by atoms with van der Waals surface area (Å²) < 4.78 is 0. The van der Waals surface area contributed by atoms with Gasteiger partial charge in [0.15, 0.2) is 0 Å². The Morgan fingerprint density at radius 1 is 1.38 bits per heavy atom. The molecule has 1 fully saturated rings. The van der Waals surface area contributed by atoms with E-state index in [1.807, 2.05) is 25.4 Å². The minimum Gasteiger partial charge on any atom is -0.313 e. The minimum atomic E-state index is -0.407. The Hall–Kier alpha value is -1.65. The molecule has 0 saturated carbocycles. The first-order valence-corrected chi connectivity index (χ1v) is 8.75. The van der Waals surface area contributed by atoms with Crippen molar-refractivity contribution < 1.29 is 4.84 Å². The quantitative estimate of drug-likeness (QED) is 0.442. The molecule has 0 radical (unpaired) electrons. The van der Waals surface area contributed by atoms with Gasteiger partial charge in [-0.2, -0.15) is 10.2 Å². The molecule has 0 unspecified atom stereocenters. The van der Waals surface area contributed by atoms with Crippen LogP contribution in [0.1, 0.15) is 45.6 Å². The normalized spacial score (nSPS) is 27.9.